The van der Waals surface area contributed by atoms with Crippen LogP contribution in [0.3, 0.4) is 0 Å². The fourth-order valence-corrected chi connectivity index (χ4v) is 3.36. The SMILES string of the molecule is CCC1Oc2ccccc2N(CCC(=O)Nc2cccc(SC)c2)C1=O. The predicted octanol–water partition coefficient (Wildman–Crippen LogP) is 3.94. The van der Waals surface area contributed by atoms with E-state index in [1.165, 1.54) is 0 Å². The summed E-state index contributed by atoms with van der Waals surface area (Å²) < 4.78 is 5.76. The van der Waals surface area contributed by atoms with Gasteiger partial charge in [0, 0.05) is 23.5 Å². The average Bonchev–Trinajstić information content (AvgIpc) is 2.67. The molecule has 2 amide bonds. The summed E-state index contributed by atoms with van der Waals surface area (Å²) in [4.78, 5) is 27.7. The van der Waals surface area contributed by atoms with Gasteiger partial charge in [-0.2, -0.15) is 0 Å². The Hall–Kier alpha value is -2.47. The number of carbonyl (C=O) groups excluding carboxylic acids is 2. The zero-order valence-electron chi connectivity index (χ0n) is 14.9. The molecule has 1 aliphatic rings. The van der Waals surface area contributed by atoms with Crippen molar-refractivity contribution in [2.45, 2.75) is 30.8 Å². The number of carbonyl (C=O) groups is 2. The summed E-state index contributed by atoms with van der Waals surface area (Å²) >= 11 is 1.62. The van der Waals surface area contributed by atoms with Crippen LogP contribution in [-0.2, 0) is 9.59 Å². The highest BCUT2D eigenvalue weighted by Crippen LogP contribution is 2.34. The minimum Gasteiger partial charge on any atom is -0.478 e. The summed E-state index contributed by atoms with van der Waals surface area (Å²) in [6, 6.07) is 15.1. The number of para-hydroxylation sites is 2. The fraction of sp³-hybridized carbons (Fsp3) is 0.300. The molecule has 1 heterocycles. The van der Waals surface area contributed by atoms with E-state index in [1.54, 1.807) is 16.7 Å². The second-order valence-corrected chi connectivity index (χ2v) is 6.88. The van der Waals surface area contributed by atoms with Crippen LogP contribution in [0.15, 0.2) is 53.4 Å². The maximum absolute atomic E-state index is 12.6. The first-order valence-electron chi connectivity index (χ1n) is 8.63. The van der Waals surface area contributed by atoms with Gasteiger partial charge in [-0.25, -0.2) is 0 Å². The van der Waals surface area contributed by atoms with Crippen molar-refractivity contribution >= 4 is 35.0 Å². The third-order valence-corrected chi connectivity index (χ3v) is 4.98. The van der Waals surface area contributed by atoms with Gasteiger partial charge in [0.2, 0.25) is 5.91 Å². The Kier molecular flexibility index (Phi) is 5.83. The Labute approximate surface area is 157 Å². The van der Waals surface area contributed by atoms with Crippen molar-refractivity contribution < 1.29 is 14.3 Å². The van der Waals surface area contributed by atoms with Crippen molar-refractivity contribution in [2.24, 2.45) is 0 Å². The minimum absolute atomic E-state index is 0.0941. The van der Waals surface area contributed by atoms with Gasteiger partial charge in [-0.15, -0.1) is 11.8 Å². The summed E-state index contributed by atoms with van der Waals surface area (Å²) in [6.45, 7) is 2.24. The first-order valence-corrected chi connectivity index (χ1v) is 9.85. The van der Waals surface area contributed by atoms with Crippen LogP contribution in [0.1, 0.15) is 19.8 Å². The number of thioether (sulfide) groups is 1. The normalized spacial score (nSPS) is 16.0. The molecule has 0 bridgehead atoms. The van der Waals surface area contributed by atoms with Gasteiger partial charge in [-0.3, -0.25) is 9.59 Å². The second kappa shape index (κ2) is 8.27. The molecular formula is C20H22N2O3S. The quantitative estimate of drug-likeness (QED) is 0.783. The minimum atomic E-state index is -0.494. The van der Waals surface area contributed by atoms with Gasteiger partial charge in [0.05, 0.1) is 5.69 Å². The summed E-state index contributed by atoms with van der Waals surface area (Å²) in [5.41, 5.74) is 1.49. The predicted molar refractivity (Wildman–Crippen MR) is 105 cm³/mol. The average molecular weight is 370 g/mol. The van der Waals surface area contributed by atoms with Gasteiger partial charge in [0.25, 0.3) is 5.91 Å². The molecule has 0 radical (unpaired) electrons. The van der Waals surface area contributed by atoms with Crippen molar-refractivity contribution in [2.75, 3.05) is 23.0 Å². The number of anilines is 2. The van der Waals surface area contributed by atoms with Gasteiger partial charge in [0.1, 0.15) is 5.75 Å². The van der Waals surface area contributed by atoms with E-state index in [4.69, 9.17) is 4.74 Å². The molecule has 6 heteroatoms. The molecular weight excluding hydrogens is 348 g/mol. The van der Waals surface area contributed by atoms with E-state index in [2.05, 4.69) is 5.32 Å². The monoisotopic (exact) mass is 370 g/mol. The molecule has 1 N–H and O–H groups in total. The number of ether oxygens (including phenoxy) is 1. The van der Waals surface area contributed by atoms with Gasteiger partial charge < -0.3 is 15.0 Å². The Balaban J connectivity index is 1.67. The lowest BCUT2D eigenvalue weighted by molar-refractivity contribution is -0.126. The van der Waals surface area contributed by atoms with Crippen LogP contribution in [0, 0.1) is 0 Å². The van der Waals surface area contributed by atoms with Gasteiger partial charge in [-0.05, 0) is 43.0 Å². The summed E-state index contributed by atoms with van der Waals surface area (Å²) in [7, 11) is 0. The molecule has 26 heavy (non-hydrogen) atoms. The number of nitrogens with zero attached hydrogens (tertiary/aromatic N) is 1. The Morgan fingerprint density at radius 3 is 2.81 bits per heavy atom. The van der Waals surface area contributed by atoms with Crippen molar-refractivity contribution in [3.63, 3.8) is 0 Å². The van der Waals surface area contributed by atoms with Crippen LogP contribution in [0.2, 0.25) is 0 Å². The second-order valence-electron chi connectivity index (χ2n) is 6.00. The van der Waals surface area contributed by atoms with E-state index in [0.29, 0.717) is 18.7 Å². The number of hydrogen-bond donors (Lipinski definition) is 1. The van der Waals surface area contributed by atoms with E-state index in [0.717, 1.165) is 16.3 Å². The fourth-order valence-electron chi connectivity index (χ4n) is 2.90. The van der Waals surface area contributed by atoms with Crippen LogP contribution in [0.5, 0.6) is 5.75 Å². The standard InChI is InChI=1S/C20H22N2O3S/c1-3-17-20(24)22(16-9-4-5-10-18(16)25-17)12-11-19(23)21-14-7-6-8-15(13-14)26-2/h4-10,13,17H,3,11-12H2,1-2H3,(H,21,23). The van der Waals surface area contributed by atoms with Crippen molar-refractivity contribution in [3.8, 4) is 5.75 Å². The first kappa shape index (κ1) is 18.3. The third-order valence-electron chi connectivity index (χ3n) is 4.25. The Morgan fingerprint density at radius 1 is 1.23 bits per heavy atom. The smallest absolute Gasteiger partial charge is 0.268 e. The molecule has 0 saturated heterocycles. The third kappa shape index (κ3) is 4.02. The van der Waals surface area contributed by atoms with E-state index >= 15 is 0 Å². The maximum atomic E-state index is 12.6. The molecule has 0 aromatic heterocycles. The molecule has 1 unspecified atom stereocenters. The van der Waals surface area contributed by atoms with E-state index < -0.39 is 6.10 Å². The van der Waals surface area contributed by atoms with Crippen molar-refractivity contribution in [1.29, 1.82) is 0 Å². The van der Waals surface area contributed by atoms with E-state index in [-0.39, 0.29) is 18.2 Å². The first-order chi connectivity index (χ1) is 12.6. The number of amides is 2. The number of benzene rings is 2. The highest BCUT2D eigenvalue weighted by Gasteiger charge is 2.33. The van der Waals surface area contributed by atoms with Crippen LogP contribution < -0.4 is 15.0 Å². The largest absolute Gasteiger partial charge is 0.478 e. The number of rotatable bonds is 6. The lowest BCUT2D eigenvalue weighted by Gasteiger charge is -2.33. The molecule has 3 rings (SSSR count). The Morgan fingerprint density at radius 2 is 2.04 bits per heavy atom. The van der Waals surface area contributed by atoms with Crippen LogP contribution in [0.4, 0.5) is 11.4 Å². The zero-order valence-corrected chi connectivity index (χ0v) is 15.7. The van der Waals surface area contributed by atoms with E-state index in [1.807, 2.05) is 61.7 Å². The molecule has 1 atom stereocenters. The van der Waals surface area contributed by atoms with Crippen LogP contribution >= 0.6 is 11.8 Å². The lowest BCUT2D eigenvalue weighted by atomic mass is 10.1. The molecule has 0 spiro atoms. The number of nitrogens with one attached hydrogen (secondary N) is 1. The molecule has 5 nitrogen and oxygen atoms in total. The van der Waals surface area contributed by atoms with Crippen LogP contribution in [-0.4, -0.2) is 30.7 Å². The molecule has 0 aliphatic carbocycles. The maximum Gasteiger partial charge on any atom is 0.268 e. The summed E-state index contributed by atoms with van der Waals surface area (Å²) in [6.07, 6.45) is 2.32. The molecule has 1 aliphatic heterocycles. The number of hydrogen-bond acceptors (Lipinski definition) is 4. The highest BCUT2D eigenvalue weighted by molar-refractivity contribution is 7.98. The van der Waals surface area contributed by atoms with Crippen LogP contribution in [0.25, 0.3) is 0 Å². The Bertz CT molecular complexity index is 809. The molecule has 2 aromatic carbocycles. The van der Waals surface area contributed by atoms with Gasteiger partial charge in [0.15, 0.2) is 6.10 Å². The molecule has 0 fully saturated rings. The highest BCUT2D eigenvalue weighted by atomic mass is 32.2. The summed E-state index contributed by atoms with van der Waals surface area (Å²) in [5, 5.41) is 2.90. The summed E-state index contributed by atoms with van der Waals surface area (Å²) in [5.74, 6) is 0.475. The van der Waals surface area contributed by atoms with Crippen molar-refractivity contribution in [1.82, 2.24) is 0 Å². The van der Waals surface area contributed by atoms with E-state index in [9.17, 15) is 9.59 Å². The topological polar surface area (TPSA) is 58.6 Å². The molecule has 2 aromatic rings. The van der Waals surface area contributed by atoms with Crippen molar-refractivity contribution in [3.05, 3.63) is 48.5 Å². The lowest BCUT2D eigenvalue weighted by Crippen LogP contribution is -2.46. The molecule has 136 valence electrons. The van der Waals surface area contributed by atoms with Gasteiger partial charge in [-0.1, -0.05) is 25.1 Å². The number of fused-ring (bicyclic) bond motifs is 1. The zero-order chi connectivity index (χ0) is 18.5. The molecule has 0 saturated carbocycles. The van der Waals surface area contributed by atoms with Gasteiger partial charge >= 0.3 is 0 Å².